The number of hydrogen-bond acceptors (Lipinski definition) is 3. The van der Waals surface area contributed by atoms with Crippen LogP contribution in [0.2, 0.25) is 0 Å². The van der Waals surface area contributed by atoms with Gasteiger partial charge in [0.1, 0.15) is 0 Å². The maximum absolute atomic E-state index is 5.31. The topological polar surface area (TPSA) is 24.5 Å². The van der Waals surface area contributed by atoms with Gasteiger partial charge in [0.25, 0.3) is 0 Å². The smallest absolute Gasteiger partial charge is 0.0620 e. The molecule has 0 bridgehead atoms. The lowest BCUT2D eigenvalue weighted by Crippen LogP contribution is -2.42. The molecule has 1 fully saturated rings. The molecule has 0 aromatic carbocycles. The standard InChI is InChI=1S/C12H26N2O/c1-5-13-11-6-7-14(8-11)12(9-15-4)10(2)3/h10-13H,5-9H2,1-4H3. The summed E-state index contributed by atoms with van der Waals surface area (Å²) in [6, 6.07) is 1.27. The number of rotatable bonds is 6. The molecule has 0 spiro atoms. The molecule has 3 nitrogen and oxygen atoms in total. The van der Waals surface area contributed by atoms with Crippen LogP contribution < -0.4 is 5.32 Å². The van der Waals surface area contributed by atoms with Gasteiger partial charge in [-0.2, -0.15) is 0 Å². The zero-order valence-electron chi connectivity index (χ0n) is 10.6. The van der Waals surface area contributed by atoms with Crippen molar-refractivity contribution in [1.29, 1.82) is 0 Å². The first-order valence-corrected chi connectivity index (χ1v) is 6.15. The zero-order valence-corrected chi connectivity index (χ0v) is 10.6. The molecule has 0 saturated carbocycles. The number of likely N-dealkylation sites (tertiary alicyclic amines) is 1. The van der Waals surface area contributed by atoms with Crippen molar-refractivity contribution in [3.63, 3.8) is 0 Å². The van der Waals surface area contributed by atoms with Crippen LogP contribution >= 0.6 is 0 Å². The second-order valence-electron chi connectivity index (χ2n) is 4.80. The molecule has 1 aliphatic heterocycles. The maximum Gasteiger partial charge on any atom is 0.0620 e. The number of likely N-dealkylation sites (N-methyl/N-ethyl adjacent to an activating group) is 1. The van der Waals surface area contributed by atoms with E-state index in [2.05, 4.69) is 31.0 Å². The Morgan fingerprint density at radius 3 is 2.73 bits per heavy atom. The Hall–Kier alpha value is -0.120. The Kier molecular flexibility index (Phi) is 5.58. The van der Waals surface area contributed by atoms with Crippen molar-refractivity contribution in [1.82, 2.24) is 10.2 Å². The maximum atomic E-state index is 5.31. The third-order valence-electron chi connectivity index (χ3n) is 3.29. The van der Waals surface area contributed by atoms with Crippen molar-refractivity contribution >= 4 is 0 Å². The summed E-state index contributed by atoms with van der Waals surface area (Å²) in [6.07, 6.45) is 1.28. The van der Waals surface area contributed by atoms with Gasteiger partial charge in [-0.25, -0.2) is 0 Å². The molecule has 0 aliphatic carbocycles. The fraction of sp³-hybridized carbons (Fsp3) is 1.00. The minimum atomic E-state index is 0.582. The highest BCUT2D eigenvalue weighted by Crippen LogP contribution is 2.18. The number of nitrogens with one attached hydrogen (secondary N) is 1. The van der Waals surface area contributed by atoms with E-state index in [-0.39, 0.29) is 0 Å². The highest BCUT2D eigenvalue weighted by Gasteiger charge is 2.29. The molecule has 0 aromatic rings. The van der Waals surface area contributed by atoms with E-state index in [9.17, 15) is 0 Å². The molecule has 0 amide bonds. The Labute approximate surface area is 94.2 Å². The number of hydrogen-bond donors (Lipinski definition) is 1. The van der Waals surface area contributed by atoms with Crippen molar-refractivity contribution in [2.45, 2.75) is 39.3 Å². The highest BCUT2D eigenvalue weighted by atomic mass is 16.5. The summed E-state index contributed by atoms with van der Waals surface area (Å²) in [4.78, 5) is 2.57. The molecule has 2 atom stereocenters. The first-order valence-electron chi connectivity index (χ1n) is 6.15. The van der Waals surface area contributed by atoms with Gasteiger partial charge in [-0.3, -0.25) is 4.90 Å². The first kappa shape index (κ1) is 12.9. The predicted molar refractivity (Wildman–Crippen MR) is 64.2 cm³/mol. The molecule has 0 radical (unpaired) electrons. The molecular weight excluding hydrogens is 188 g/mol. The van der Waals surface area contributed by atoms with Gasteiger partial charge in [0.15, 0.2) is 0 Å². The molecule has 0 aromatic heterocycles. The van der Waals surface area contributed by atoms with E-state index in [1.54, 1.807) is 7.11 Å². The van der Waals surface area contributed by atoms with Crippen molar-refractivity contribution < 1.29 is 4.74 Å². The second kappa shape index (κ2) is 6.46. The molecule has 1 rings (SSSR count). The Bertz CT molecular complexity index is 173. The third kappa shape index (κ3) is 3.74. The van der Waals surface area contributed by atoms with E-state index in [1.807, 2.05) is 0 Å². The van der Waals surface area contributed by atoms with Gasteiger partial charge in [0, 0.05) is 32.3 Å². The average Bonchev–Trinajstić information content (AvgIpc) is 2.62. The van der Waals surface area contributed by atoms with Crippen LogP contribution in [-0.4, -0.2) is 50.3 Å². The van der Waals surface area contributed by atoms with Crippen molar-refractivity contribution in [2.24, 2.45) is 5.92 Å². The number of methoxy groups -OCH3 is 1. The fourth-order valence-corrected chi connectivity index (χ4v) is 2.43. The van der Waals surface area contributed by atoms with E-state index in [4.69, 9.17) is 4.74 Å². The van der Waals surface area contributed by atoms with Gasteiger partial charge in [0.05, 0.1) is 6.61 Å². The largest absolute Gasteiger partial charge is 0.383 e. The molecule has 2 unspecified atom stereocenters. The third-order valence-corrected chi connectivity index (χ3v) is 3.29. The lowest BCUT2D eigenvalue weighted by Gasteiger charge is -2.30. The summed E-state index contributed by atoms with van der Waals surface area (Å²) >= 11 is 0. The van der Waals surface area contributed by atoms with Gasteiger partial charge in [-0.05, 0) is 18.9 Å². The minimum Gasteiger partial charge on any atom is -0.383 e. The summed E-state index contributed by atoms with van der Waals surface area (Å²) in [5.41, 5.74) is 0. The van der Waals surface area contributed by atoms with Crippen molar-refractivity contribution in [3.8, 4) is 0 Å². The highest BCUT2D eigenvalue weighted by molar-refractivity contribution is 4.86. The lowest BCUT2D eigenvalue weighted by molar-refractivity contribution is 0.0779. The van der Waals surface area contributed by atoms with E-state index < -0.39 is 0 Å². The number of nitrogens with zero attached hydrogens (tertiary/aromatic N) is 1. The minimum absolute atomic E-state index is 0.582. The average molecular weight is 214 g/mol. The Morgan fingerprint density at radius 2 is 2.20 bits per heavy atom. The van der Waals surface area contributed by atoms with Crippen LogP contribution in [0, 0.1) is 5.92 Å². The van der Waals surface area contributed by atoms with Crippen LogP contribution in [0.4, 0.5) is 0 Å². The van der Waals surface area contributed by atoms with Gasteiger partial charge < -0.3 is 10.1 Å². The summed E-state index contributed by atoms with van der Waals surface area (Å²) in [7, 11) is 1.80. The summed E-state index contributed by atoms with van der Waals surface area (Å²) in [5.74, 6) is 0.672. The molecule has 3 heteroatoms. The molecule has 1 aliphatic rings. The van der Waals surface area contributed by atoms with Crippen LogP contribution in [0.25, 0.3) is 0 Å². The molecule has 90 valence electrons. The number of ether oxygens (including phenoxy) is 1. The van der Waals surface area contributed by atoms with E-state index in [0.717, 1.165) is 13.2 Å². The van der Waals surface area contributed by atoms with Gasteiger partial charge >= 0.3 is 0 Å². The van der Waals surface area contributed by atoms with E-state index in [0.29, 0.717) is 18.0 Å². The van der Waals surface area contributed by atoms with Crippen LogP contribution in [0.3, 0.4) is 0 Å². The fourth-order valence-electron chi connectivity index (χ4n) is 2.43. The monoisotopic (exact) mass is 214 g/mol. The first-order chi connectivity index (χ1) is 7.19. The quantitative estimate of drug-likeness (QED) is 0.722. The van der Waals surface area contributed by atoms with Crippen LogP contribution in [0.15, 0.2) is 0 Å². The summed E-state index contributed by atoms with van der Waals surface area (Å²) < 4.78 is 5.31. The molecule has 1 N–H and O–H groups in total. The SMILES string of the molecule is CCNC1CCN(C(COC)C(C)C)C1. The van der Waals surface area contributed by atoms with Gasteiger partial charge in [-0.1, -0.05) is 20.8 Å². The molecule has 1 saturated heterocycles. The normalized spacial score (nSPS) is 25.0. The van der Waals surface area contributed by atoms with E-state index >= 15 is 0 Å². The van der Waals surface area contributed by atoms with Gasteiger partial charge in [0.2, 0.25) is 0 Å². The van der Waals surface area contributed by atoms with Crippen LogP contribution in [0.1, 0.15) is 27.2 Å². The van der Waals surface area contributed by atoms with Gasteiger partial charge in [-0.15, -0.1) is 0 Å². The lowest BCUT2D eigenvalue weighted by atomic mass is 10.0. The molecular formula is C12H26N2O. The van der Waals surface area contributed by atoms with Crippen LogP contribution in [-0.2, 0) is 4.74 Å². The molecule has 1 heterocycles. The summed E-state index contributed by atoms with van der Waals surface area (Å²) in [6.45, 7) is 11.1. The molecule has 15 heavy (non-hydrogen) atoms. The van der Waals surface area contributed by atoms with Crippen molar-refractivity contribution in [3.05, 3.63) is 0 Å². The Morgan fingerprint density at radius 1 is 1.47 bits per heavy atom. The Balaban J connectivity index is 2.41. The second-order valence-corrected chi connectivity index (χ2v) is 4.80. The summed E-state index contributed by atoms with van der Waals surface area (Å²) in [5, 5.41) is 3.53. The van der Waals surface area contributed by atoms with Crippen molar-refractivity contribution in [2.75, 3.05) is 33.4 Å². The zero-order chi connectivity index (χ0) is 11.3. The van der Waals surface area contributed by atoms with E-state index in [1.165, 1.54) is 19.5 Å². The predicted octanol–water partition coefficient (Wildman–Crippen LogP) is 1.34. The van der Waals surface area contributed by atoms with Crippen LogP contribution in [0.5, 0.6) is 0 Å².